The Bertz CT molecular complexity index is 455. The average molecular weight is 255 g/mol. The van der Waals surface area contributed by atoms with E-state index in [1.807, 2.05) is 12.1 Å². The van der Waals surface area contributed by atoms with E-state index in [4.69, 9.17) is 9.68 Å². The number of halogens is 1. The molecular formula is C8H3BrN2OS. The Balaban J connectivity index is 2.50. The van der Waals surface area contributed by atoms with Crippen LogP contribution in [0.1, 0.15) is 5.69 Å². The first kappa shape index (κ1) is 8.48. The van der Waals surface area contributed by atoms with Crippen molar-refractivity contribution in [3.05, 3.63) is 27.9 Å². The molecule has 0 amide bonds. The van der Waals surface area contributed by atoms with E-state index in [-0.39, 0.29) is 0 Å². The number of aromatic nitrogens is 1. The minimum Gasteiger partial charge on any atom is -0.462 e. The van der Waals surface area contributed by atoms with E-state index in [0.29, 0.717) is 16.5 Å². The molecule has 0 aliphatic rings. The highest BCUT2D eigenvalue weighted by atomic mass is 79.9. The number of thiazole rings is 1. The maximum Gasteiger partial charge on any atom is 0.166 e. The molecule has 0 atom stereocenters. The van der Waals surface area contributed by atoms with Crippen molar-refractivity contribution in [2.45, 2.75) is 0 Å². The molecule has 0 aliphatic carbocycles. The van der Waals surface area contributed by atoms with E-state index >= 15 is 0 Å². The Kier molecular flexibility index (Phi) is 2.17. The van der Waals surface area contributed by atoms with Gasteiger partial charge in [-0.25, -0.2) is 4.98 Å². The van der Waals surface area contributed by atoms with Crippen LogP contribution in [0.25, 0.3) is 10.8 Å². The Morgan fingerprint density at radius 1 is 1.62 bits per heavy atom. The first-order chi connectivity index (χ1) is 6.31. The third-order valence-corrected chi connectivity index (χ3v) is 3.14. The molecule has 2 aromatic rings. The van der Waals surface area contributed by atoms with Crippen molar-refractivity contribution in [2.75, 3.05) is 0 Å². The van der Waals surface area contributed by atoms with Crippen molar-refractivity contribution in [3.8, 4) is 16.8 Å². The van der Waals surface area contributed by atoms with Gasteiger partial charge in [0, 0.05) is 0 Å². The summed E-state index contributed by atoms with van der Waals surface area (Å²) < 4.78 is 5.89. The van der Waals surface area contributed by atoms with Crippen LogP contribution >= 0.6 is 27.3 Å². The molecule has 64 valence electrons. The zero-order valence-electron chi connectivity index (χ0n) is 6.32. The predicted octanol–water partition coefficient (Wildman–Crippen LogP) is 3.04. The highest BCUT2D eigenvalue weighted by molar-refractivity contribution is 9.11. The second kappa shape index (κ2) is 3.32. The summed E-state index contributed by atoms with van der Waals surface area (Å²) in [6.45, 7) is 0. The fourth-order valence-corrected chi connectivity index (χ4v) is 2.22. The molecule has 13 heavy (non-hydrogen) atoms. The number of nitriles is 1. The standard InChI is InChI=1S/C8H3BrN2OS/c9-7-5(4-10)11-8(13-7)6-2-1-3-12-6/h1-3H. The Hall–Kier alpha value is -1.12. The first-order valence-corrected chi connectivity index (χ1v) is 5.02. The lowest BCUT2D eigenvalue weighted by Gasteiger charge is -1.84. The summed E-state index contributed by atoms with van der Waals surface area (Å²) in [6, 6.07) is 5.59. The van der Waals surface area contributed by atoms with E-state index in [1.54, 1.807) is 12.3 Å². The topological polar surface area (TPSA) is 49.8 Å². The van der Waals surface area contributed by atoms with Gasteiger partial charge in [-0.3, -0.25) is 0 Å². The summed E-state index contributed by atoms with van der Waals surface area (Å²) in [4.78, 5) is 4.09. The van der Waals surface area contributed by atoms with Gasteiger partial charge in [-0.15, -0.1) is 11.3 Å². The van der Waals surface area contributed by atoms with Crippen molar-refractivity contribution >= 4 is 27.3 Å². The molecule has 2 aromatic heterocycles. The van der Waals surface area contributed by atoms with Gasteiger partial charge in [0.05, 0.1) is 6.26 Å². The average Bonchev–Trinajstić information content (AvgIpc) is 2.71. The van der Waals surface area contributed by atoms with Gasteiger partial charge < -0.3 is 4.42 Å². The van der Waals surface area contributed by atoms with Crippen LogP contribution in [-0.2, 0) is 0 Å². The van der Waals surface area contributed by atoms with Gasteiger partial charge in [0.15, 0.2) is 16.5 Å². The molecule has 3 nitrogen and oxygen atoms in total. The molecule has 0 bridgehead atoms. The third-order valence-electron chi connectivity index (χ3n) is 1.42. The Morgan fingerprint density at radius 3 is 3.00 bits per heavy atom. The first-order valence-electron chi connectivity index (χ1n) is 3.41. The lowest BCUT2D eigenvalue weighted by molar-refractivity contribution is 0.582. The van der Waals surface area contributed by atoms with Crippen LogP contribution < -0.4 is 0 Å². The van der Waals surface area contributed by atoms with Crippen LogP contribution in [-0.4, -0.2) is 4.98 Å². The number of hydrogen-bond acceptors (Lipinski definition) is 4. The van der Waals surface area contributed by atoms with E-state index < -0.39 is 0 Å². The zero-order chi connectivity index (χ0) is 9.26. The van der Waals surface area contributed by atoms with Gasteiger partial charge in [-0.2, -0.15) is 5.26 Å². The van der Waals surface area contributed by atoms with Gasteiger partial charge in [-0.1, -0.05) is 0 Å². The van der Waals surface area contributed by atoms with Gasteiger partial charge in [0.1, 0.15) is 9.86 Å². The Labute approximate surface area is 86.8 Å². The van der Waals surface area contributed by atoms with Crippen LogP contribution in [0.2, 0.25) is 0 Å². The predicted molar refractivity (Wildman–Crippen MR) is 52.2 cm³/mol. The number of nitrogens with zero attached hydrogens (tertiary/aromatic N) is 2. The second-order valence-corrected chi connectivity index (χ2v) is 4.55. The van der Waals surface area contributed by atoms with Crippen LogP contribution in [0.15, 0.2) is 26.6 Å². The lowest BCUT2D eigenvalue weighted by Crippen LogP contribution is -1.74. The van der Waals surface area contributed by atoms with Crippen molar-refractivity contribution in [1.82, 2.24) is 4.98 Å². The highest BCUT2D eigenvalue weighted by Gasteiger charge is 2.11. The molecule has 0 N–H and O–H groups in total. The smallest absolute Gasteiger partial charge is 0.166 e. The molecule has 2 rings (SSSR count). The quantitative estimate of drug-likeness (QED) is 0.786. The number of rotatable bonds is 1. The summed E-state index contributed by atoms with van der Waals surface area (Å²) in [5, 5.41) is 9.38. The maximum atomic E-state index is 8.66. The molecule has 0 spiro atoms. The lowest BCUT2D eigenvalue weighted by atomic mass is 10.4. The van der Waals surface area contributed by atoms with E-state index in [0.717, 1.165) is 3.79 Å². The van der Waals surface area contributed by atoms with E-state index in [1.165, 1.54) is 11.3 Å². The molecule has 2 heterocycles. The Morgan fingerprint density at radius 2 is 2.46 bits per heavy atom. The minimum atomic E-state index is 0.399. The molecular weight excluding hydrogens is 252 g/mol. The molecule has 5 heteroatoms. The highest BCUT2D eigenvalue weighted by Crippen LogP contribution is 2.31. The van der Waals surface area contributed by atoms with Crippen LogP contribution in [0.5, 0.6) is 0 Å². The number of furan rings is 1. The molecule has 0 aliphatic heterocycles. The van der Waals surface area contributed by atoms with Crippen molar-refractivity contribution in [1.29, 1.82) is 5.26 Å². The summed E-state index contributed by atoms with van der Waals surface area (Å²) >= 11 is 4.64. The molecule has 0 saturated carbocycles. The SMILES string of the molecule is N#Cc1nc(-c2ccco2)sc1Br. The summed E-state index contributed by atoms with van der Waals surface area (Å²) in [6.07, 6.45) is 1.58. The van der Waals surface area contributed by atoms with Gasteiger partial charge >= 0.3 is 0 Å². The van der Waals surface area contributed by atoms with E-state index in [2.05, 4.69) is 20.9 Å². The van der Waals surface area contributed by atoms with Gasteiger partial charge in [0.25, 0.3) is 0 Å². The maximum absolute atomic E-state index is 8.66. The number of hydrogen-bond donors (Lipinski definition) is 0. The van der Waals surface area contributed by atoms with Crippen molar-refractivity contribution in [3.63, 3.8) is 0 Å². The molecule has 0 radical (unpaired) electrons. The normalized spacial score (nSPS) is 9.85. The van der Waals surface area contributed by atoms with E-state index in [9.17, 15) is 0 Å². The van der Waals surface area contributed by atoms with Crippen LogP contribution in [0, 0.1) is 11.3 Å². The fourth-order valence-electron chi connectivity index (χ4n) is 0.876. The van der Waals surface area contributed by atoms with Crippen molar-refractivity contribution in [2.24, 2.45) is 0 Å². The van der Waals surface area contributed by atoms with Gasteiger partial charge in [-0.05, 0) is 28.1 Å². The molecule has 0 saturated heterocycles. The summed E-state index contributed by atoms with van der Waals surface area (Å²) in [5.41, 5.74) is 0.399. The second-order valence-electron chi connectivity index (χ2n) is 2.23. The molecule has 0 unspecified atom stereocenters. The summed E-state index contributed by atoms with van der Waals surface area (Å²) in [5.74, 6) is 0.687. The van der Waals surface area contributed by atoms with Crippen LogP contribution in [0.3, 0.4) is 0 Å². The largest absolute Gasteiger partial charge is 0.462 e. The third kappa shape index (κ3) is 1.50. The monoisotopic (exact) mass is 254 g/mol. The zero-order valence-corrected chi connectivity index (χ0v) is 8.72. The van der Waals surface area contributed by atoms with Crippen LogP contribution in [0.4, 0.5) is 0 Å². The molecule has 0 aromatic carbocycles. The summed E-state index contributed by atoms with van der Waals surface area (Å²) in [7, 11) is 0. The van der Waals surface area contributed by atoms with Crippen molar-refractivity contribution < 1.29 is 4.42 Å². The minimum absolute atomic E-state index is 0.399. The fraction of sp³-hybridized carbons (Fsp3) is 0. The van der Waals surface area contributed by atoms with Gasteiger partial charge in [0.2, 0.25) is 0 Å². The molecule has 0 fully saturated rings.